The van der Waals surface area contributed by atoms with Crippen molar-refractivity contribution < 1.29 is 13.9 Å². The summed E-state index contributed by atoms with van der Waals surface area (Å²) in [5.41, 5.74) is 2.39. The molecule has 3 aromatic rings. The number of hydrogen-bond acceptors (Lipinski definition) is 6. The van der Waals surface area contributed by atoms with E-state index < -0.39 is 0 Å². The fraction of sp³-hybridized carbons (Fsp3) is 0.350. The molecule has 1 aromatic carbocycles. The summed E-state index contributed by atoms with van der Waals surface area (Å²) in [7, 11) is 0. The van der Waals surface area contributed by atoms with Crippen molar-refractivity contribution in [1.82, 2.24) is 14.9 Å². The lowest BCUT2D eigenvalue weighted by molar-refractivity contribution is -0.133. The van der Waals surface area contributed by atoms with Crippen LogP contribution in [0, 0.1) is 6.92 Å². The van der Waals surface area contributed by atoms with Crippen molar-refractivity contribution in [1.29, 1.82) is 0 Å². The molecule has 0 radical (unpaired) electrons. The van der Waals surface area contributed by atoms with E-state index in [9.17, 15) is 4.79 Å². The van der Waals surface area contributed by atoms with Gasteiger partial charge in [0.15, 0.2) is 12.2 Å². The number of oxazole rings is 1. The van der Waals surface area contributed by atoms with E-state index in [0.29, 0.717) is 36.9 Å². The van der Waals surface area contributed by atoms with Gasteiger partial charge in [0.25, 0.3) is 11.9 Å². The summed E-state index contributed by atoms with van der Waals surface area (Å²) in [6.07, 6.45) is 2.55. The molecule has 1 aliphatic rings. The third-order valence-electron chi connectivity index (χ3n) is 4.62. The summed E-state index contributed by atoms with van der Waals surface area (Å²) in [6, 6.07) is 12.0. The minimum absolute atomic E-state index is 0.00223. The highest BCUT2D eigenvalue weighted by molar-refractivity contribution is 5.78. The first kappa shape index (κ1) is 17.3. The minimum Gasteiger partial charge on any atom is -0.484 e. The summed E-state index contributed by atoms with van der Waals surface area (Å²) < 4.78 is 11.4. The van der Waals surface area contributed by atoms with E-state index in [1.807, 2.05) is 48.2 Å². The van der Waals surface area contributed by atoms with Crippen molar-refractivity contribution in [3.63, 3.8) is 0 Å². The predicted molar refractivity (Wildman–Crippen MR) is 102 cm³/mol. The lowest BCUT2D eigenvalue weighted by Crippen LogP contribution is -2.38. The van der Waals surface area contributed by atoms with Gasteiger partial charge < -0.3 is 19.0 Å². The van der Waals surface area contributed by atoms with Crippen molar-refractivity contribution in [2.75, 3.05) is 37.7 Å². The first-order valence-electron chi connectivity index (χ1n) is 9.13. The fourth-order valence-electron chi connectivity index (χ4n) is 3.19. The number of hydrogen-bond donors (Lipinski definition) is 0. The number of rotatable bonds is 4. The highest BCUT2D eigenvalue weighted by Gasteiger charge is 2.22. The number of carbonyl (C=O) groups excluding carboxylic acids is 1. The van der Waals surface area contributed by atoms with Crippen molar-refractivity contribution in [3.05, 3.63) is 48.2 Å². The standard InChI is InChI=1S/C20H22N4O3/c1-15-5-2-6-16(13-15)26-14-18(25)23-9-4-10-24(12-11-23)20-22-19-17(27-20)7-3-8-21-19/h2-3,5-8,13H,4,9-12,14H2,1H3. The molecule has 1 amide bonds. The fourth-order valence-corrected chi connectivity index (χ4v) is 3.19. The highest BCUT2D eigenvalue weighted by atomic mass is 16.5. The summed E-state index contributed by atoms with van der Waals surface area (Å²) in [4.78, 5) is 25.1. The molecule has 0 atom stereocenters. The molecule has 0 aliphatic carbocycles. The van der Waals surface area contributed by atoms with Crippen molar-refractivity contribution >= 4 is 23.2 Å². The zero-order chi connectivity index (χ0) is 18.6. The molecule has 27 heavy (non-hydrogen) atoms. The maximum absolute atomic E-state index is 12.5. The molecule has 0 saturated carbocycles. The normalized spacial score (nSPS) is 15.0. The number of aryl methyl sites for hydroxylation is 1. The molecule has 0 bridgehead atoms. The smallest absolute Gasteiger partial charge is 0.300 e. The molecular formula is C20H22N4O3. The second-order valence-corrected chi connectivity index (χ2v) is 6.65. The molecule has 0 spiro atoms. The van der Waals surface area contributed by atoms with Gasteiger partial charge in [0.1, 0.15) is 5.75 Å². The summed E-state index contributed by atoms with van der Waals surface area (Å²) in [6.45, 7) is 4.82. The van der Waals surface area contributed by atoms with Gasteiger partial charge in [-0.1, -0.05) is 12.1 Å². The van der Waals surface area contributed by atoms with Crippen LogP contribution in [0.25, 0.3) is 11.2 Å². The first-order valence-corrected chi connectivity index (χ1v) is 9.13. The Hall–Kier alpha value is -3.09. The van der Waals surface area contributed by atoms with Crippen LogP contribution >= 0.6 is 0 Å². The van der Waals surface area contributed by atoms with Gasteiger partial charge in [-0.3, -0.25) is 4.79 Å². The van der Waals surface area contributed by atoms with Crippen LogP contribution < -0.4 is 9.64 Å². The number of aromatic nitrogens is 2. The van der Waals surface area contributed by atoms with Gasteiger partial charge in [-0.2, -0.15) is 4.98 Å². The number of nitrogens with zero attached hydrogens (tertiary/aromatic N) is 4. The maximum atomic E-state index is 12.5. The van der Waals surface area contributed by atoms with Crippen LogP contribution in [0.1, 0.15) is 12.0 Å². The van der Waals surface area contributed by atoms with Gasteiger partial charge in [0, 0.05) is 32.4 Å². The Morgan fingerprint density at radius 1 is 1.19 bits per heavy atom. The second kappa shape index (κ2) is 7.65. The maximum Gasteiger partial charge on any atom is 0.300 e. The number of carbonyl (C=O) groups is 1. The minimum atomic E-state index is -0.00223. The summed E-state index contributed by atoms with van der Waals surface area (Å²) >= 11 is 0. The van der Waals surface area contributed by atoms with Gasteiger partial charge >= 0.3 is 0 Å². The van der Waals surface area contributed by atoms with Crippen LogP contribution in [-0.4, -0.2) is 53.6 Å². The third kappa shape index (κ3) is 4.02. The molecule has 2 aromatic heterocycles. The van der Waals surface area contributed by atoms with E-state index in [-0.39, 0.29) is 12.5 Å². The van der Waals surface area contributed by atoms with Crippen LogP contribution in [0.3, 0.4) is 0 Å². The molecule has 0 N–H and O–H groups in total. The Balaban J connectivity index is 1.35. The average molecular weight is 366 g/mol. The summed E-state index contributed by atoms with van der Waals surface area (Å²) in [5, 5.41) is 0. The van der Waals surface area contributed by atoms with Gasteiger partial charge in [-0.05, 0) is 43.2 Å². The van der Waals surface area contributed by atoms with E-state index in [1.165, 1.54) is 0 Å². The Morgan fingerprint density at radius 3 is 2.96 bits per heavy atom. The van der Waals surface area contributed by atoms with Crippen LogP contribution in [0.15, 0.2) is 47.0 Å². The topological polar surface area (TPSA) is 71.7 Å². The average Bonchev–Trinajstić information content (AvgIpc) is 2.95. The summed E-state index contributed by atoms with van der Waals surface area (Å²) in [5.74, 6) is 0.719. The number of fused-ring (bicyclic) bond motifs is 1. The van der Waals surface area contributed by atoms with Gasteiger partial charge in [0.2, 0.25) is 5.65 Å². The molecule has 7 nitrogen and oxygen atoms in total. The Bertz CT molecular complexity index is 907. The molecule has 4 rings (SSSR count). The third-order valence-corrected chi connectivity index (χ3v) is 4.62. The van der Waals surface area contributed by atoms with Crippen LogP contribution in [0.4, 0.5) is 6.01 Å². The lowest BCUT2D eigenvalue weighted by Gasteiger charge is -2.21. The highest BCUT2D eigenvalue weighted by Crippen LogP contribution is 2.21. The molecule has 3 heterocycles. The molecular weight excluding hydrogens is 344 g/mol. The first-order chi connectivity index (χ1) is 13.2. The van der Waals surface area contributed by atoms with E-state index in [0.717, 1.165) is 24.3 Å². The predicted octanol–water partition coefficient (Wildman–Crippen LogP) is 2.65. The Labute approximate surface area is 157 Å². The number of anilines is 1. The van der Waals surface area contributed by atoms with E-state index >= 15 is 0 Å². The number of ether oxygens (including phenoxy) is 1. The quantitative estimate of drug-likeness (QED) is 0.707. The molecule has 7 heteroatoms. The van der Waals surface area contributed by atoms with E-state index in [2.05, 4.69) is 14.9 Å². The molecule has 140 valence electrons. The van der Waals surface area contributed by atoms with Crippen LogP contribution in [-0.2, 0) is 4.79 Å². The molecule has 1 fully saturated rings. The monoisotopic (exact) mass is 366 g/mol. The van der Waals surface area contributed by atoms with E-state index in [1.54, 1.807) is 6.20 Å². The molecule has 0 unspecified atom stereocenters. The number of pyridine rings is 1. The SMILES string of the molecule is Cc1cccc(OCC(=O)N2CCCN(c3nc4ncccc4o3)CC2)c1. The van der Waals surface area contributed by atoms with Gasteiger partial charge in [-0.15, -0.1) is 0 Å². The Kier molecular flexibility index (Phi) is 4.91. The van der Waals surface area contributed by atoms with Gasteiger partial charge in [0.05, 0.1) is 0 Å². The molecule has 1 saturated heterocycles. The van der Waals surface area contributed by atoms with Crippen LogP contribution in [0.5, 0.6) is 5.75 Å². The van der Waals surface area contributed by atoms with E-state index in [4.69, 9.17) is 9.15 Å². The lowest BCUT2D eigenvalue weighted by atomic mass is 10.2. The zero-order valence-electron chi connectivity index (χ0n) is 15.3. The number of amides is 1. The van der Waals surface area contributed by atoms with Crippen molar-refractivity contribution in [3.8, 4) is 5.75 Å². The van der Waals surface area contributed by atoms with Crippen LogP contribution in [0.2, 0.25) is 0 Å². The van der Waals surface area contributed by atoms with Gasteiger partial charge in [-0.25, -0.2) is 4.98 Å². The Morgan fingerprint density at radius 2 is 2.11 bits per heavy atom. The second-order valence-electron chi connectivity index (χ2n) is 6.65. The largest absolute Gasteiger partial charge is 0.484 e. The van der Waals surface area contributed by atoms with Crippen molar-refractivity contribution in [2.45, 2.75) is 13.3 Å². The number of benzene rings is 1. The molecule has 1 aliphatic heterocycles. The van der Waals surface area contributed by atoms with Crippen molar-refractivity contribution in [2.24, 2.45) is 0 Å². The zero-order valence-corrected chi connectivity index (χ0v) is 15.3.